The number of piperidine rings is 1. The fourth-order valence-corrected chi connectivity index (χ4v) is 5.46. The van der Waals surface area contributed by atoms with Crippen molar-refractivity contribution < 1.29 is 23.9 Å². The van der Waals surface area contributed by atoms with Gasteiger partial charge in [0.1, 0.15) is 17.1 Å². The fourth-order valence-electron chi connectivity index (χ4n) is 5.46. The van der Waals surface area contributed by atoms with E-state index in [0.29, 0.717) is 42.4 Å². The lowest BCUT2D eigenvalue weighted by Crippen LogP contribution is -2.53. The van der Waals surface area contributed by atoms with Crippen LogP contribution in [0, 0.1) is 6.92 Å². The first kappa shape index (κ1) is 33.2. The summed E-state index contributed by atoms with van der Waals surface area (Å²) in [6.07, 6.45) is 3.92. The molecule has 2 amide bonds. The Labute approximate surface area is 273 Å². The average Bonchev–Trinajstić information content (AvgIpc) is 3.68. The van der Waals surface area contributed by atoms with E-state index in [-0.39, 0.29) is 24.3 Å². The molecule has 3 aromatic heterocycles. The Hall–Kier alpha value is -5.14. The van der Waals surface area contributed by atoms with Gasteiger partial charge in [-0.2, -0.15) is 5.10 Å². The number of carbonyl (C=O) groups is 3. The van der Waals surface area contributed by atoms with Crippen molar-refractivity contribution in [3.63, 3.8) is 0 Å². The molecule has 248 valence electrons. The maximum absolute atomic E-state index is 14.3. The first-order valence-electron chi connectivity index (χ1n) is 15.7. The van der Waals surface area contributed by atoms with E-state index in [4.69, 9.17) is 9.47 Å². The van der Waals surface area contributed by atoms with Crippen molar-refractivity contribution in [1.82, 2.24) is 39.9 Å². The van der Waals surface area contributed by atoms with Crippen molar-refractivity contribution in [1.29, 1.82) is 0 Å². The highest BCUT2D eigenvalue weighted by molar-refractivity contribution is 6.06. The van der Waals surface area contributed by atoms with Crippen molar-refractivity contribution in [2.24, 2.45) is 7.05 Å². The van der Waals surface area contributed by atoms with Crippen molar-refractivity contribution in [2.45, 2.75) is 78.7 Å². The minimum absolute atomic E-state index is 0.221. The molecule has 14 heteroatoms. The molecule has 14 nitrogen and oxygen atoms in total. The summed E-state index contributed by atoms with van der Waals surface area (Å²) in [7, 11) is 1.77. The van der Waals surface area contributed by atoms with Crippen LogP contribution in [0.3, 0.4) is 0 Å². The normalized spacial score (nSPS) is 15.6. The van der Waals surface area contributed by atoms with Gasteiger partial charge in [0.25, 0.3) is 5.91 Å². The number of ether oxygens (including phenoxy) is 2. The van der Waals surface area contributed by atoms with Gasteiger partial charge in [0, 0.05) is 43.9 Å². The number of nitrogens with zero attached hydrogens (tertiary/aromatic N) is 9. The molecule has 5 rings (SSSR count). The number of tetrazole rings is 1. The monoisotopic (exact) mass is 643 g/mol. The highest BCUT2D eigenvalue weighted by Crippen LogP contribution is 2.31. The number of rotatable bonds is 8. The van der Waals surface area contributed by atoms with Crippen molar-refractivity contribution in [3.8, 4) is 22.6 Å². The largest absolute Gasteiger partial charge is 0.444 e. The number of likely N-dealkylation sites (tertiary alicyclic amines) is 1. The molecular formula is C33H41N9O5. The second-order valence-electron chi connectivity index (χ2n) is 12.5. The quantitative estimate of drug-likeness (QED) is 0.241. The van der Waals surface area contributed by atoms with E-state index in [1.54, 1.807) is 59.9 Å². The van der Waals surface area contributed by atoms with Gasteiger partial charge in [-0.25, -0.2) is 9.78 Å². The topological polar surface area (TPSA) is 150 Å². The van der Waals surface area contributed by atoms with Crippen LogP contribution in [0.15, 0.2) is 48.8 Å². The van der Waals surface area contributed by atoms with Gasteiger partial charge in [0.05, 0.1) is 12.2 Å². The lowest BCUT2D eigenvalue weighted by Gasteiger charge is -2.39. The van der Waals surface area contributed by atoms with E-state index < -0.39 is 17.9 Å². The summed E-state index contributed by atoms with van der Waals surface area (Å²) < 4.78 is 12.6. The van der Waals surface area contributed by atoms with Gasteiger partial charge in [-0.3, -0.25) is 19.2 Å². The second-order valence-corrected chi connectivity index (χ2v) is 12.5. The van der Waals surface area contributed by atoms with Crippen LogP contribution >= 0.6 is 0 Å². The first-order chi connectivity index (χ1) is 22.4. The summed E-state index contributed by atoms with van der Waals surface area (Å²) in [6, 6.07) is 10.7. The summed E-state index contributed by atoms with van der Waals surface area (Å²) in [5.74, 6) is 0.275. The Balaban J connectivity index is 1.42. The number of hydrogen-bond acceptors (Lipinski definition) is 10. The number of pyridine rings is 1. The van der Waals surface area contributed by atoms with Crippen LogP contribution in [0.1, 0.15) is 76.0 Å². The molecule has 1 fully saturated rings. The molecule has 0 saturated carbocycles. The van der Waals surface area contributed by atoms with Gasteiger partial charge in [0.2, 0.25) is 12.1 Å². The van der Waals surface area contributed by atoms with E-state index in [2.05, 4.69) is 25.5 Å². The number of hydrogen-bond donors (Lipinski definition) is 0. The van der Waals surface area contributed by atoms with Gasteiger partial charge in [0.15, 0.2) is 0 Å². The Morgan fingerprint density at radius 3 is 2.55 bits per heavy atom. The first-order valence-corrected chi connectivity index (χ1v) is 15.7. The maximum Gasteiger partial charge on any atom is 0.410 e. The van der Waals surface area contributed by atoms with Crippen molar-refractivity contribution in [3.05, 3.63) is 59.9 Å². The molecule has 0 spiro atoms. The molecule has 2 atom stereocenters. The van der Waals surface area contributed by atoms with E-state index in [9.17, 15) is 14.4 Å². The molecule has 47 heavy (non-hydrogen) atoms. The summed E-state index contributed by atoms with van der Waals surface area (Å²) in [6.45, 7) is 11.7. The summed E-state index contributed by atoms with van der Waals surface area (Å²) in [4.78, 5) is 48.2. The predicted molar refractivity (Wildman–Crippen MR) is 173 cm³/mol. The zero-order valence-corrected chi connectivity index (χ0v) is 27.9. The maximum atomic E-state index is 14.3. The van der Waals surface area contributed by atoms with Crippen LogP contribution in [-0.4, -0.2) is 82.6 Å². The second kappa shape index (κ2) is 13.7. The third-order valence-electron chi connectivity index (χ3n) is 7.78. The van der Waals surface area contributed by atoms with Crippen LogP contribution in [0.4, 0.5) is 10.6 Å². The third-order valence-corrected chi connectivity index (χ3v) is 7.78. The third kappa shape index (κ3) is 7.47. The highest BCUT2D eigenvalue weighted by atomic mass is 16.6. The molecule has 0 N–H and O–H groups in total. The van der Waals surface area contributed by atoms with Gasteiger partial charge < -0.3 is 14.4 Å². The minimum atomic E-state index is -0.725. The van der Waals surface area contributed by atoms with E-state index in [1.165, 1.54) is 4.80 Å². The number of benzene rings is 1. The Kier molecular flexibility index (Phi) is 9.68. The molecule has 1 aromatic carbocycles. The Morgan fingerprint density at radius 1 is 1.13 bits per heavy atom. The number of anilines is 1. The molecule has 4 heterocycles. The molecule has 4 aromatic rings. The van der Waals surface area contributed by atoms with Crippen LogP contribution < -0.4 is 4.90 Å². The van der Waals surface area contributed by atoms with Crippen molar-refractivity contribution >= 4 is 23.8 Å². The van der Waals surface area contributed by atoms with E-state index >= 15 is 0 Å². The Bertz CT molecular complexity index is 1740. The molecule has 1 aliphatic heterocycles. The van der Waals surface area contributed by atoms with E-state index in [1.807, 2.05) is 52.0 Å². The number of aryl methyl sites for hydroxylation is 2. The smallest absolute Gasteiger partial charge is 0.410 e. The van der Waals surface area contributed by atoms with Crippen LogP contribution in [0.5, 0.6) is 0 Å². The fraction of sp³-hybridized carbons (Fsp3) is 0.455. The molecule has 0 aliphatic carbocycles. The summed E-state index contributed by atoms with van der Waals surface area (Å²) >= 11 is 0. The summed E-state index contributed by atoms with van der Waals surface area (Å²) in [5, 5.41) is 17.1. The van der Waals surface area contributed by atoms with Gasteiger partial charge in [-0.15, -0.1) is 15.0 Å². The molecule has 0 bridgehead atoms. The predicted octanol–water partition coefficient (Wildman–Crippen LogP) is 4.96. The average molecular weight is 644 g/mol. The van der Waals surface area contributed by atoms with Gasteiger partial charge in [-0.1, -0.05) is 25.1 Å². The lowest BCUT2D eigenvalue weighted by molar-refractivity contribution is -0.153. The standard InChI is InChI=1S/C33H41N9O5/c1-8-27(43)46-22(3)42-37-29(36-38-42)28-26(19-35-39(28)7)23-13-15-24(16-14-23)31(44)41(30-21(2)11-9-17-34-30)25-12-10-18-40(20-25)32(45)47-33(4,5)6/h9,11,13-17,19,22,25H,8,10,12,18,20H2,1-7H3/t22?,25-/m1/s1. The van der Waals surface area contributed by atoms with Crippen LogP contribution in [0.25, 0.3) is 22.6 Å². The number of esters is 1. The van der Waals surface area contributed by atoms with Crippen LogP contribution in [-0.2, 0) is 21.3 Å². The molecule has 1 aliphatic rings. The minimum Gasteiger partial charge on any atom is -0.444 e. The summed E-state index contributed by atoms with van der Waals surface area (Å²) in [5.41, 5.74) is 2.84. The zero-order chi connectivity index (χ0) is 33.9. The zero-order valence-electron chi connectivity index (χ0n) is 27.9. The van der Waals surface area contributed by atoms with Gasteiger partial charge in [-0.05, 0) is 82.0 Å². The van der Waals surface area contributed by atoms with E-state index in [0.717, 1.165) is 23.1 Å². The molecule has 1 unspecified atom stereocenters. The van der Waals surface area contributed by atoms with Crippen molar-refractivity contribution in [2.75, 3.05) is 18.0 Å². The number of amides is 2. The SMILES string of the molecule is CCC(=O)OC(C)n1nnc(-c2c(-c3ccc(C(=O)N(c4ncccc4C)[C@@H]4CCCN(C(=O)OC(C)(C)C)C4)cc3)cnn2C)n1. The number of carbonyl (C=O) groups excluding carboxylic acids is 3. The molecular weight excluding hydrogens is 602 g/mol. The molecule has 0 radical (unpaired) electrons. The molecule has 1 saturated heterocycles. The lowest BCUT2D eigenvalue weighted by atomic mass is 10.0. The van der Waals surface area contributed by atoms with Gasteiger partial charge >= 0.3 is 12.1 Å². The number of aromatic nitrogens is 7. The van der Waals surface area contributed by atoms with Crippen LogP contribution in [0.2, 0.25) is 0 Å². The Morgan fingerprint density at radius 2 is 1.87 bits per heavy atom. The highest BCUT2D eigenvalue weighted by Gasteiger charge is 2.35.